The van der Waals surface area contributed by atoms with Crippen molar-refractivity contribution < 1.29 is 23.1 Å². The molecule has 0 aliphatic carbocycles. The summed E-state index contributed by atoms with van der Waals surface area (Å²) in [5.74, 6) is -1.97. The summed E-state index contributed by atoms with van der Waals surface area (Å²) in [6.07, 6.45) is -3.46. The molecule has 0 amide bonds. The van der Waals surface area contributed by atoms with Gasteiger partial charge in [0.15, 0.2) is 0 Å². The van der Waals surface area contributed by atoms with Crippen LogP contribution in [0.3, 0.4) is 0 Å². The first-order valence-corrected chi connectivity index (χ1v) is 4.72. The second kappa shape index (κ2) is 4.70. The van der Waals surface area contributed by atoms with Gasteiger partial charge in [0.05, 0.1) is 5.69 Å². The molecule has 7 heteroatoms. The topological polar surface area (TPSA) is 62.2 Å². The van der Waals surface area contributed by atoms with E-state index in [9.17, 15) is 18.0 Å². The van der Waals surface area contributed by atoms with Crippen molar-refractivity contribution in [3.05, 3.63) is 30.1 Å². The maximum Gasteiger partial charge on any atom is 0.417 e. The van der Waals surface area contributed by atoms with Crippen LogP contribution in [0.25, 0.3) is 0 Å². The molecule has 0 spiro atoms. The number of carbonyl (C=O) groups is 1. The van der Waals surface area contributed by atoms with Gasteiger partial charge < -0.3 is 5.11 Å². The molecule has 0 fully saturated rings. The number of alkyl halides is 3. The minimum Gasteiger partial charge on any atom is -0.480 e. The van der Waals surface area contributed by atoms with Crippen molar-refractivity contribution in [2.75, 3.05) is 0 Å². The zero-order valence-electron chi connectivity index (χ0n) is 8.95. The lowest BCUT2D eigenvalue weighted by molar-refractivity contribution is -0.206. The molecule has 17 heavy (non-hydrogen) atoms. The van der Waals surface area contributed by atoms with Crippen LogP contribution >= 0.6 is 0 Å². The number of pyridine rings is 1. The van der Waals surface area contributed by atoms with E-state index in [2.05, 4.69) is 4.98 Å². The average molecular weight is 248 g/mol. The summed E-state index contributed by atoms with van der Waals surface area (Å²) >= 11 is 0. The highest BCUT2D eigenvalue weighted by Crippen LogP contribution is 2.30. The zero-order valence-corrected chi connectivity index (χ0v) is 8.95. The maximum absolute atomic E-state index is 12.6. The van der Waals surface area contributed by atoms with Crippen LogP contribution in [0.5, 0.6) is 0 Å². The van der Waals surface area contributed by atoms with Gasteiger partial charge in [0, 0.05) is 12.7 Å². The summed E-state index contributed by atoms with van der Waals surface area (Å²) < 4.78 is 37.8. The molecule has 1 aromatic heterocycles. The van der Waals surface area contributed by atoms with Crippen molar-refractivity contribution >= 4 is 5.97 Å². The Morgan fingerprint density at radius 3 is 2.53 bits per heavy atom. The summed E-state index contributed by atoms with van der Waals surface area (Å²) in [6.45, 7) is 0.307. The van der Waals surface area contributed by atoms with Gasteiger partial charge in [-0.2, -0.15) is 13.2 Å². The van der Waals surface area contributed by atoms with Gasteiger partial charge in [0.25, 0.3) is 0 Å². The van der Waals surface area contributed by atoms with Gasteiger partial charge in [-0.15, -0.1) is 0 Å². The molecular weight excluding hydrogens is 237 g/mol. The third kappa shape index (κ3) is 2.94. The van der Waals surface area contributed by atoms with Crippen molar-refractivity contribution in [2.24, 2.45) is 0 Å². The molecule has 0 radical (unpaired) electrons. The second-order valence-electron chi connectivity index (χ2n) is 3.60. The fourth-order valence-electron chi connectivity index (χ4n) is 1.07. The summed E-state index contributed by atoms with van der Waals surface area (Å²) in [5, 5.41) is 10.6. The van der Waals surface area contributed by atoms with Gasteiger partial charge >= 0.3 is 12.1 Å². The number of halogens is 3. The van der Waals surface area contributed by atoms with E-state index in [1.807, 2.05) is 5.32 Å². The molecule has 1 atom stereocenters. The standard InChI is InChI=1S/C10H11F3N2O2/c1-9(8(16)17,10(11,12)13)15-6-7-4-2-3-5-14-7/h2-5,15H,6H2,1H3,(H,16,17). The predicted molar refractivity (Wildman–Crippen MR) is 53.2 cm³/mol. The van der Waals surface area contributed by atoms with E-state index in [1.54, 1.807) is 12.1 Å². The molecule has 1 rings (SSSR count). The largest absolute Gasteiger partial charge is 0.480 e. The summed E-state index contributed by atoms with van der Waals surface area (Å²) in [6, 6.07) is 4.73. The molecule has 0 aromatic carbocycles. The lowest BCUT2D eigenvalue weighted by atomic mass is 10.0. The van der Waals surface area contributed by atoms with E-state index in [1.165, 1.54) is 12.3 Å². The van der Waals surface area contributed by atoms with Gasteiger partial charge in [0.1, 0.15) is 0 Å². The number of hydrogen-bond acceptors (Lipinski definition) is 3. The number of rotatable bonds is 4. The van der Waals surface area contributed by atoms with Crippen molar-refractivity contribution in [1.29, 1.82) is 0 Å². The summed E-state index contributed by atoms with van der Waals surface area (Å²) in [5.41, 5.74) is -2.64. The monoisotopic (exact) mass is 248 g/mol. The van der Waals surface area contributed by atoms with E-state index < -0.39 is 17.7 Å². The van der Waals surface area contributed by atoms with E-state index >= 15 is 0 Å². The minimum atomic E-state index is -4.88. The molecule has 1 unspecified atom stereocenters. The number of carboxylic acid groups (broad SMARTS) is 1. The quantitative estimate of drug-likeness (QED) is 0.849. The molecule has 0 saturated carbocycles. The number of hydrogen-bond donors (Lipinski definition) is 2. The lowest BCUT2D eigenvalue weighted by Gasteiger charge is -2.28. The van der Waals surface area contributed by atoms with Crippen molar-refractivity contribution in [3.8, 4) is 0 Å². The third-order valence-electron chi connectivity index (χ3n) is 2.34. The smallest absolute Gasteiger partial charge is 0.417 e. The molecule has 94 valence electrons. The van der Waals surface area contributed by atoms with Crippen LogP contribution in [0.1, 0.15) is 12.6 Å². The minimum absolute atomic E-state index is 0.275. The van der Waals surface area contributed by atoms with Crippen molar-refractivity contribution in [2.45, 2.75) is 25.2 Å². The number of carboxylic acids is 1. The van der Waals surface area contributed by atoms with Crippen molar-refractivity contribution in [3.63, 3.8) is 0 Å². The van der Waals surface area contributed by atoms with Gasteiger partial charge in [-0.1, -0.05) is 6.07 Å². The Morgan fingerprint density at radius 1 is 1.47 bits per heavy atom. The number of nitrogens with zero attached hydrogens (tertiary/aromatic N) is 1. The van der Waals surface area contributed by atoms with Gasteiger partial charge in [-0.3, -0.25) is 10.3 Å². The predicted octanol–water partition coefficient (Wildman–Crippen LogP) is 1.58. The second-order valence-corrected chi connectivity index (χ2v) is 3.60. The Labute approximate surface area is 95.5 Å². The van der Waals surface area contributed by atoms with Gasteiger partial charge in [0.2, 0.25) is 5.54 Å². The van der Waals surface area contributed by atoms with Crippen LogP contribution in [0.2, 0.25) is 0 Å². The van der Waals surface area contributed by atoms with Crippen LogP contribution in [0, 0.1) is 0 Å². The highest BCUT2D eigenvalue weighted by atomic mass is 19.4. The average Bonchev–Trinajstić information content (AvgIpc) is 2.25. The first-order chi connectivity index (χ1) is 7.77. The Bertz CT molecular complexity index is 394. The number of aliphatic carboxylic acids is 1. The molecule has 2 N–H and O–H groups in total. The van der Waals surface area contributed by atoms with Crippen LogP contribution in [-0.4, -0.2) is 27.8 Å². The zero-order chi connectivity index (χ0) is 13.1. The molecule has 1 aromatic rings. The van der Waals surface area contributed by atoms with Gasteiger partial charge in [-0.25, -0.2) is 4.79 Å². The third-order valence-corrected chi connectivity index (χ3v) is 2.34. The normalized spacial score (nSPS) is 15.3. The Morgan fingerprint density at radius 2 is 2.12 bits per heavy atom. The van der Waals surface area contributed by atoms with Crippen LogP contribution in [0.4, 0.5) is 13.2 Å². The number of nitrogens with one attached hydrogen (secondary N) is 1. The summed E-state index contributed by atoms with van der Waals surface area (Å²) in [4.78, 5) is 14.5. The fourth-order valence-corrected chi connectivity index (χ4v) is 1.07. The Balaban J connectivity index is 2.80. The SMILES string of the molecule is CC(NCc1ccccn1)(C(=O)O)C(F)(F)F. The number of aromatic nitrogens is 1. The van der Waals surface area contributed by atoms with Gasteiger partial charge in [-0.05, 0) is 19.1 Å². The molecular formula is C10H11F3N2O2. The highest BCUT2D eigenvalue weighted by Gasteiger charge is 2.57. The lowest BCUT2D eigenvalue weighted by Crippen LogP contribution is -2.59. The maximum atomic E-state index is 12.6. The molecule has 0 aliphatic rings. The van der Waals surface area contributed by atoms with Crippen molar-refractivity contribution in [1.82, 2.24) is 10.3 Å². The molecule has 1 heterocycles. The Hall–Kier alpha value is -1.63. The van der Waals surface area contributed by atoms with Crippen LogP contribution < -0.4 is 5.32 Å². The molecule has 4 nitrogen and oxygen atoms in total. The fraction of sp³-hybridized carbons (Fsp3) is 0.400. The molecule has 0 bridgehead atoms. The van der Waals surface area contributed by atoms with Crippen LogP contribution in [0.15, 0.2) is 24.4 Å². The molecule has 0 saturated heterocycles. The molecule has 0 aliphatic heterocycles. The van der Waals surface area contributed by atoms with E-state index in [-0.39, 0.29) is 6.54 Å². The Kier molecular flexibility index (Phi) is 3.72. The van der Waals surface area contributed by atoms with E-state index in [0.29, 0.717) is 12.6 Å². The first kappa shape index (κ1) is 13.4. The van der Waals surface area contributed by atoms with Crippen LogP contribution in [-0.2, 0) is 11.3 Å². The van der Waals surface area contributed by atoms with E-state index in [4.69, 9.17) is 5.11 Å². The van der Waals surface area contributed by atoms with E-state index in [0.717, 1.165) is 0 Å². The summed E-state index contributed by atoms with van der Waals surface area (Å²) in [7, 11) is 0. The highest BCUT2D eigenvalue weighted by molar-refractivity contribution is 5.79. The first-order valence-electron chi connectivity index (χ1n) is 4.72.